The number of unbranched alkanes of at least 4 members (excludes halogenated alkanes) is 1. The van der Waals surface area contributed by atoms with Gasteiger partial charge in [0.2, 0.25) is 11.8 Å². The smallest absolute Gasteiger partial charge is 0.271 e. The zero-order valence-corrected chi connectivity index (χ0v) is 15.0. The second-order valence-electron chi connectivity index (χ2n) is 5.31. The van der Waals surface area contributed by atoms with Gasteiger partial charge in [0.15, 0.2) is 5.17 Å². The van der Waals surface area contributed by atoms with Crippen molar-refractivity contribution < 1.29 is 14.5 Å². The zero-order valence-electron chi connectivity index (χ0n) is 13.5. The van der Waals surface area contributed by atoms with Gasteiger partial charge in [-0.2, -0.15) is 0 Å². The van der Waals surface area contributed by atoms with Crippen LogP contribution < -0.4 is 10.6 Å². The quantitative estimate of drug-likeness (QED) is 0.426. The van der Waals surface area contributed by atoms with Crippen molar-refractivity contribution in [3.63, 3.8) is 0 Å². The Morgan fingerprint density at radius 3 is 2.96 bits per heavy atom. The van der Waals surface area contributed by atoms with E-state index in [4.69, 9.17) is 11.6 Å². The van der Waals surface area contributed by atoms with Gasteiger partial charge >= 0.3 is 0 Å². The van der Waals surface area contributed by atoms with Crippen LogP contribution in [0.15, 0.2) is 23.2 Å². The van der Waals surface area contributed by atoms with Crippen LogP contribution in [0.4, 0.5) is 11.4 Å². The molecule has 2 amide bonds. The first kappa shape index (κ1) is 19.2. The lowest BCUT2D eigenvalue weighted by molar-refractivity contribution is -0.384. The first-order chi connectivity index (χ1) is 11.9. The van der Waals surface area contributed by atoms with Crippen molar-refractivity contribution in [3.05, 3.63) is 33.3 Å². The number of thioether (sulfide) groups is 1. The van der Waals surface area contributed by atoms with E-state index in [1.165, 1.54) is 30.0 Å². The molecule has 0 saturated carbocycles. The number of hydrogen-bond acceptors (Lipinski definition) is 6. The molecule has 1 aliphatic heterocycles. The van der Waals surface area contributed by atoms with E-state index in [0.717, 1.165) is 12.8 Å². The van der Waals surface area contributed by atoms with Crippen LogP contribution in [-0.2, 0) is 9.59 Å². The van der Waals surface area contributed by atoms with Gasteiger partial charge in [-0.15, -0.1) is 0 Å². The predicted molar refractivity (Wildman–Crippen MR) is 98.1 cm³/mol. The summed E-state index contributed by atoms with van der Waals surface area (Å²) in [5.41, 5.74) is -0.0425. The minimum absolute atomic E-state index is 0.0810. The van der Waals surface area contributed by atoms with E-state index < -0.39 is 16.1 Å². The third-order valence-electron chi connectivity index (χ3n) is 3.35. The summed E-state index contributed by atoms with van der Waals surface area (Å²) in [6.07, 6.45) is 1.85. The number of aliphatic imine (C=N–C) groups is 1. The second-order valence-corrected chi connectivity index (χ2v) is 6.91. The van der Waals surface area contributed by atoms with Crippen molar-refractivity contribution in [2.45, 2.75) is 31.4 Å². The van der Waals surface area contributed by atoms with Crippen LogP contribution in [0.1, 0.15) is 26.2 Å². The summed E-state index contributed by atoms with van der Waals surface area (Å²) in [6.45, 7) is 2.67. The van der Waals surface area contributed by atoms with Crippen LogP contribution in [0.5, 0.6) is 0 Å². The number of carbonyl (C=O) groups is 2. The number of amidine groups is 1. The van der Waals surface area contributed by atoms with Crippen LogP contribution in [0.25, 0.3) is 0 Å². The van der Waals surface area contributed by atoms with Gasteiger partial charge in [-0.25, -0.2) is 0 Å². The number of nitro benzene ring substituents is 1. The number of non-ortho nitro benzene ring substituents is 1. The summed E-state index contributed by atoms with van der Waals surface area (Å²) in [4.78, 5) is 38.5. The molecular formula is C15H17ClN4O4S. The molecule has 1 atom stereocenters. The molecule has 0 aliphatic carbocycles. The Labute approximate surface area is 153 Å². The number of nitro groups is 1. The summed E-state index contributed by atoms with van der Waals surface area (Å²) < 4.78 is 0. The standard InChI is InChI=1S/C15H17ClN4O4S/c1-2-3-6-17-15-19-14(22)12(25-15)8-13(21)18-11-7-9(20(23)24)4-5-10(11)16/h4-5,7,12H,2-3,6,8H2,1H3,(H,18,21)(H,17,19,22)/t12-/m1/s1. The highest BCUT2D eigenvalue weighted by Crippen LogP contribution is 2.28. The fourth-order valence-corrected chi connectivity index (χ4v) is 3.21. The van der Waals surface area contributed by atoms with Gasteiger partial charge in [0, 0.05) is 25.1 Å². The van der Waals surface area contributed by atoms with E-state index in [1.54, 1.807) is 0 Å². The summed E-state index contributed by atoms with van der Waals surface area (Å²) in [6, 6.07) is 3.77. The molecule has 25 heavy (non-hydrogen) atoms. The molecule has 2 N–H and O–H groups in total. The van der Waals surface area contributed by atoms with Crippen molar-refractivity contribution >= 4 is 51.7 Å². The number of nitrogens with one attached hydrogen (secondary N) is 2. The molecule has 0 bridgehead atoms. The van der Waals surface area contributed by atoms with Crippen LogP contribution in [0.3, 0.4) is 0 Å². The first-order valence-corrected chi connectivity index (χ1v) is 8.92. The van der Waals surface area contributed by atoms with Gasteiger partial charge in [0.1, 0.15) is 5.25 Å². The van der Waals surface area contributed by atoms with Crippen molar-refractivity contribution in [1.29, 1.82) is 0 Å². The summed E-state index contributed by atoms with van der Waals surface area (Å²) in [7, 11) is 0. The Kier molecular flexibility index (Phi) is 6.77. The average molecular weight is 385 g/mol. The number of rotatable bonds is 7. The molecule has 0 aromatic heterocycles. The number of hydrogen-bond donors (Lipinski definition) is 2. The minimum Gasteiger partial charge on any atom is -0.325 e. The number of carbonyl (C=O) groups excluding carboxylic acids is 2. The van der Waals surface area contributed by atoms with Crippen LogP contribution in [0, 0.1) is 10.1 Å². The molecule has 1 aromatic carbocycles. The summed E-state index contributed by atoms with van der Waals surface area (Å²) >= 11 is 7.15. The molecule has 1 saturated heterocycles. The Morgan fingerprint density at radius 1 is 1.52 bits per heavy atom. The number of amides is 2. The first-order valence-electron chi connectivity index (χ1n) is 7.66. The lowest BCUT2D eigenvalue weighted by Crippen LogP contribution is -2.28. The SMILES string of the molecule is CCCCN=C1NC(=O)[C@@H](CC(=O)Nc2cc([N+](=O)[O-])ccc2Cl)S1. The number of benzene rings is 1. The van der Waals surface area contributed by atoms with E-state index in [1.807, 2.05) is 6.92 Å². The molecule has 134 valence electrons. The third-order valence-corrected chi connectivity index (χ3v) is 4.80. The van der Waals surface area contributed by atoms with E-state index in [2.05, 4.69) is 15.6 Å². The molecule has 1 fully saturated rings. The Bertz CT molecular complexity index is 725. The predicted octanol–water partition coefficient (Wildman–Crippen LogP) is 2.96. The highest BCUT2D eigenvalue weighted by atomic mass is 35.5. The number of halogens is 1. The fourth-order valence-electron chi connectivity index (χ4n) is 2.05. The van der Waals surface area contributed by atoms with Crippen LogP contribution in [0.2, 0.25) is 5.02 Å². The largest absolute Gasteiger partial charge is 0.325 e. The van der Waals surface area contributed by atoms with E-state index in [-0.39, 0.29) is 28.7 Å². The van der Waals surface area contributed by atoms with Crippen molar-refractivity contribution in [1.82, 2.24) is 5.32 Å². The van der Waals surface area contributed by atoms with Crippen LogP contribution >= 0.6 is 23.4 Å². The number of nitrogens with zero attached hydrogens (tertiary/aromatic N) is 2. The maximum absolute atomic E-state index is 12.1. The van der Waals surface area contributed by atoms with E-state index in [0.29, 0.717) is 11.7 Å². The van der Waals surface area contributed by atoms with Crippen molar-refractivity contribution in [3.8, 4) is 0 Å². The molecule has 0 spiro atoms. The second kappa shape index (κ2) is 8.82. The molecule has 8 nitrogen and oxygen atoms in total. The van der Waals surface area contributed by atoms with Gasteiger partial charge in [0.05, 0.1) is 15.6 Å². The highest BCUT2D eigenvalue weighted by molar-refractivity contribution is 8.15. The average Bonchev–Trinajstić information content (AvgIpc) is 2.89. The van der Waals surface area contributed by atoms with E-state index >= 15 is 0 Å². The van der Waals surface area contributed by atoms with Crippen molar-refractivity contribution in [2.24, 2.45) is 4.99 Å². The maximum Gasteiger partial charge on any atom is 0.271 e. The molecule has 0 unspecified atom stereocenters. The molecular weight excluding hydrogens is 368 g/mol. The minimum atomic E-state index is -0.585. The van der Waals surface area contributed by atoms with Gasteiger partial charge in [0.25, 0.3) is 5.69 Å². The van der Waals surface area contributed by atoms with Gasteiger partial charge < -0.3 is 10.6 Å². The summed E-state index contributed by atoms with van der Waals surface area (Å²) in [5, 5.41) is 16.1. The van der Waals surface area contributed by atoms with Gasteiger partial charge in [-0.05, 0) is 12.5 Å². The Morgan fingerprint density at radius 2 is 2.28 bits per heavy atom. The summed E-state index contributed by atoms with van der Waals surface area (Å²) in [5.74, 6) is -0.731. The third kappa shape index (κ3) is 5.43. The monoisotopic (exact) mass is 384 g/mol. The molecule has 1 aromatic rings. The molecule has 0 radical (unpaired) electrons. The molecule has 10 heteroatoms. The highest BCUT2D eigenvalue weighted by Gasteiger charge is 2.32. The zero-order chi connectivity index (χ0) is 18.4. The maximum atomic E-state index is 12.1. The normalized spacial score (nSPS) is 18.2. The van der Waals surface area contributed by atoms with Crippen LogP contribution in [-0.4, -0.2) is 33.7 Å². The van der Waals surface area contributed by atoms with E-state index in [9.17, 15) is 19.7 Å². The van der Waals surface area contributed by atoms with Crippen molar-refractivity contribution in [2.75, 3.05) is 11.9 Å². The fraction of sp³-hybridized carbons (Fsp3) is 0.400. The Balaban J connectivity index is 1.97. The molecule has 1 heterocycles. The molecule has 2 rings (SSSR count). The Hall–Kier alpha value is -2.13. The lowest BCUT2D eigenvalue weighted by Gasteiger charge is -2.08. The molecule has 1 aliphatic rings. The topological polar surface area (TPSA) is 114 Å². The number of anilines is 1. The van der Waals surface area contributed by atoms with Gasteiger partial charge in [-0.1, -0.05) is 36.7 Å². The lowest BCUT2D eigenvalue weighted by atomic mass is 10.2. The van der Waals surface area contributed by atoms with Gasteiger partial charge in [-0.3, -0.25) is 24.7 Å².